The molecule has 3 nitrogen and oxygen atoms in total. The zero-order valence-corrected chi connectivity index (χ0v) is 9.05. The van der Waals surface area contributed by atoms with Crippen LogP contribution in [0.4, 0.5) is 0 Å². The van der Waals surface area contributed by atoms with Crippen molar-refractivity contribution < 1.29 is 0 Å². The fourth-order valence-corrected chi connectivity index (χ4v) is 1.20. The third kappa shape index (κ3) is 9.80. The molecular formula is C10H25N3. The van der Waals surface area contributed by atoms with Gasteiger partial charge in [-0.15, -0.1) is 0 Å². The van der Waals surface area contributed by atoms with E-state index in [9.17, 15) is 0 Å². The minimum absolute atomic E-state index is 0.322. The van der Waals surface area contributed by atoms with Crippen LogP contribution in [0.1, 0.15) is 33.1 Å². The van der Waals surface area contributed by atoms with E-state index < -0.39 is 0 Å². The second kappa shape index (κ2) is 8.48. The molecule has 0 saturated heterocycles. The molecule has 0 aromatic carbocycles. The first-order valence-corrected chi connectivity index (χ1v) is 5.33. The Labute approximate surface area is 82.3 Å². The highest BCUT2D eigenvalue weighted by Crippen LogP contribution is 1.97. The lowest BCUT2D eigenvalue weighted by atomic mass is 10.1. The number of hydrogen-bond acceptors (Lipinski definition) is 3. The second-order valence-electron chi connectivity index (χ2n) is 4.08. The summed E-state index contributed by atoms with van der Waals surface area (Å²) in [6, 6.07) is 0.322. The zero-order valence-electron chi connectivity index (χ0n) is 9.05. The third-order valence-corrected chi connectivity index (χ3v) is 2.02. The molecule has 3 heteroatoms. The molecule has 1 unspecified atom stereocenters. The van der Waals surface area contributed by atoms with Gasteiger partial charge in [0.05, 0.1) is 0 Å². The van der Waals surface area contributed by atoms with Crippen molar-refractivity contribution in [1.29, 1.82) is 0 Å². The molecule has 0 radical (unpaired) electrons. The fourth-order valence-electron chi connectivity index (χ4n) is 1.20. The molecule has 0 aliphatic carbocycles. The van der Waals surface area contributed by atoms with E-state index >= 15 is 0 Å². The van der Waals surface area contributed by atoms with Crippen molar-refractivity contribution in [2.45, 2.75) is 39.2 Å². The summed E-state index contributed by atoms with van der Waals surface area (Å²) >= 11 is 0. The van der Waals surface area contributed by atoms with Crippen molar-refractivity contribution >= 4 is 0 Å². The first-order valence-electron chi connectivity index (χ1n) is 5.33. The molecule has 0 amide bonds. The van der Waals surface area contributed by atoms with Gasteiger partial charge < -0.3 is 16.8 Å². The highest BCUT2D eigenvalue weighted by Gasteiger charge is 2.01. The van der Waals surface area contributed by atoms with E-state index in [-0.39, 0.29) is 0 Å². The first-order chi connectivity index (χ1) is 6.16. The van der Waals surface area contributed by atoms with E-state index in [2.05, 4.69) is 19.2 Å². The van der Waals surface area contributed by atoms with Crippen LogP contribution in [0.5, 0.6) is 0 Å². The maximum absolute atomic E-state index is 5.88. The molecule has 13 heavy (non-hydrogen) atoms. The molecule has 80 valence electrons. The smallest absolute Gasteiger partial charge is 0.00513 e. The Balaban J connectivity index is 3.12. The second-order valence-corrected chi connectivity index (χ2v) is 4.08. The molecule has 0 aliphatic heterocycles. The van der Waals surface area contributed by atoms with Crippen LogP contribution >= 0.6 is 0 Å². The van der Waals surface area contributed by atoms with Gasteiger partial charge in [0.25, 0.3) is 0 Å². The Morgan fingerprint density at radius 2 is 1.92 bits per heavy atom. The highest BCUT2D eigenvalue weighted by molar-refractivity contribution is 4.63. The largest absolute Gasteiger partial charge is 0.330 e. The summed E-state index contributed by atoms with van der Waals surface area (Å²) in [7, 11) is 0. The Kier molecular flexibility index (Phi) is 8.40. The van der Waals surface area contributed by atoms with Gasteiger partial charge in [-0.1, -0.05) is 13.8 Å². The Morgan fingerprint density at radius 1 is 1.23 bits per heavy atom. The molecule has 0 bridgehead atoms. The molecule has 5 N–H and O–H groups in total. The minimum atomic E-state index is 0.322. The van der Waals surface area contributed by atoms with Gasteiger partial charge in [0.2, 0.25) is 0 Å². The predicted molar refractivity (Wildman–Crippen MR) is 58.6 cm³/mol. The van der Waals surface area contributed by atoms with Crippen LogP contribution in [0.2, 0.25) is 0 Å². The topological polar surface area (TPSA) is 64.1 Å². The molecule has 0 aliphatic rings. The lowest BCUT2D eigenvalue weighted by Crippen LogP contribution is -2.28. The molecular weight excluding hydrogens is 162 g/mol. The highest BCUT2D eigenvalue weighted by atomic mass is 14.9. The summed E-state index contributed by atoms with van der Waals surface area (Å²) in [5.41, 5.74) is 11.3. The quantitative estimate of drug-likeness (QED) is 0.490. The van der Waals surface area contributed by atoms with E-state index in [4.69, 9.17) is 11.5 Å². The Morgan fingerprint density at radius 3 is 2.46 bits per heavy atom. The molecule has 0 heterocycles. The average molecular weight is 187 g/mol. The van der Waals surface area contributed by atoms with Crippen LogP contribution in [0, 0.1) is 5.92 Å². The van der Waals surface area contributed by atoms with Gasteiger partial charge in [0.15, 0.2) is 0 Å². The lowest BCUT2D eigenvalue weighted by molar-refractivity contribution is 0.492. The molecule has 0 aromatic heterocycles. The van der Waals surface area contributed by atoms with Crippen LogP contribution in [-0.2, 0) is 0 Å². The molecule has 0 rings (SSSR count). The zero-order chi connectivity index (χ0) is 10.1. The van der Waals surface area contributed by atoms with Gasteiger partial charge >= 0.3 is 0 Å². The molecule has 1 atom stereocenters. The van der Waals surface area contributed by atoms with Gasteiger partial charge in [0.1, 0.15) is 0 Å². The lowest BCUT2D eigenvalue weighted by Gasteiger charge is -2.12. The van der Waals surface area contributed by atoms with Crippen LogP contribution in [0.3, 0.4) is 0 Å². The number of nitrogens with one attached hydrogen (secondary N) is 1. The molecule has 0 spiro atoms. The summed E-state index contributed by atoms with van der Waals surface area (Å²) in [5, 5.41) is 3.38. The van der Waals surface area contributed by atoms with Gasteiger partial charge in [-0.2, -0.15) is 0 Å². The third-order valence-electron chi connectivity index (χ3n) is 2.02. The van der Waals surface area contributed by atoms with Crippen LogP contribution in [0.25, 0.3) is 0 Å². The van der Waals surface area contributed by atoms with Crippen molar-refractivity contribution in [2.24, 2.45) is 17.4 Å². The van der Waals surface area contributed by atoms with E-state index in [1.165, 1.54) is 0 Å². The summed E-state index contributed by atoms with van der Waals surface area (Å²) in [5.74, 6) is 0.722. The summed E-state index contributed by atoms with van der Waals surface area (Å²) in [4.78, 5) is 0. The Hall–Kier alpha value is -0.120. The maximum Gasteiger partial charge on any atom is 0.00513 e. The first kappa shape index (κ1) is 12.9. The van der Waals surface area contributed by atoms with Crippen molar-refractivity contribution in [3.8, 4) is 0 Å². The van der Waals surface area contributed by atoms with E-state index in [0.29, 0.717) is 6.04 Å². The van der Waals surface area contributed by atoms with Crippen molar-refractivity contribution in [2.75, 3.05) is 19.6 Å². The van der Waals surface area contributed by atoms with E-state index in [0.717, 1.165) is 44.8 Å². The SMILES string of the molecule is CC(C)CNCCC(N)CCCN. The Bertz CT molecular complexity index is 104. The van der Waals surface area contributed by atoms with Crippen molar-refractivity contribution in [3.63, 3.8) is 0 Å². The van der Waals surface area contributed by atoms with Gasteiger partial charge in [-0.25, -0.2) is 0 Å². The maximum atomic E-state index is 5.88. The summed E-state index contributed by atoms with van der Waals surface area (Å²) in [6.07, 6.45) is 3.16. The normalized spacial score (nSPS) is 13.6. The average Bonchev–Trinajstić information content (AvgIpc) is 2.08. The van der Waals surface area contributed by atoms with E-state index in [1.807, 2.05) is 0 Å². The summed E-state index contributed by atoms with van der Waals surface area (Å²) < 4.78 is 0. The molecule has 0 aromatic rings. The van der Waals surface area contributed by atoms with Crippen LogP contribution in [0.15, 0.2) is 0 Å². The minimum Gasteiger partial charge on any atom is -0.330 e. The van der Waals surface area contributed by atoms with Gasteiger partial charge in [-0.05, 0) is 44.8 Å². The van der Waals surface area contributed by atoms with Crippen LogP contribution < -0.4 is 16.8 Å². The van der Waals surface area contributed by atoms with E-state index in [1.54, 1.807) is 0 Å². The monoisotopic (exact) mass is 187 g/mol. The van der Waals surface area contributed by atoms with Crippen molar-refractivity contribution in [3.05, 3.63) is 0 Å². The van der Waals surface area contributed by atoms with Gasteiger partial charge in [0, 0.05) is 6.04 Å². The molecule has 0 saturated carbocycles. The number of nitrogens with two attached hydrogens (primary N) is 2. The number of hydrogen-bond donors (Lipinski definition) is 3. The summed E-state index contributed by atoms with van der Waals surface area (Å²) in [6.45, 7) is 7.29. The predicted octanol–water partition coefficient (Wildman–Crippen LogP) is 0.688. The fraction of sp³-hybridized carbons (Fsp3) is 1.00. The van der Waals surface area contributed by atoms with Crippen molar-refractivity contribution in [1.82, 2.24) is 5.32 Å². The standard InChI is InChI=1S/C10H25N3/c1-9(2)8-13-7-5-10(12)4-3-6-11/h9-10,13H,3-8,11-12H2,1-2H3. The number of rotatable bonds is 8. The van der Waals surface area contributed by atoms with Gasteiger partial charge in [-0.3, -0.25) is 0 Å². The molecule has 0 fully saturated rings. The van der Waals surface area contributed by atoms with Crippen LogP contribution in [-0.4, -0.2) is 25.7 Å².